The van der Waals surface area contributed by atoms with Crippen LogP contribution in [-0.2, 0) is 13.1 Å². The van der Waals surface area contributed by atoms with Gasteiger partial charge in [0.2, 0.25) is 0 Å². The molecule has 5 heteroatoms. The molecule has 1 aromatic heterocycles. The van der Waals surface area contributed by atoms with Crippen molar-refractivity contribution in [3.63, 3.8) is 0 Å². The van der Waals surface area contributed by atoms with E-state index in [9.17, 15) is 15.2 Å². The van der Waals surface area contributed by atoms with Crippen LogP contribution in [-0.4, -0.2) is 27.2 Å². The fourth-order valence-corrected chi connectivity index (χ4v) is 3.09. The number of aromatic nitrogens is 1. The van der Waals surface area contributed by atoms with Crippen LogP contribution in [0.15, 0.2) is 17.4 Å². The van der Waals surface area contributed by atoms with E-state index in [-0.39, 0.29) is 18.0 Å². The van der Waals surface area contributed by atoms with Gasteiger partial charge in [0.05, 0.1) is 0 Å². The highest BCUT2D eigenvalue weighted by Crippen LogP contribution is 2.26. The summed E-state index contributed by atoms with van der Waals surface area (Å²) in [5, 5.41) is 19.8. The normalized spacial score (nSPS) is 18.9. The van der Waals surface area contributed by atoms with Crippen LogP contribution in [0.4, 0.5) is 0 Å². The van der Waals surface area contributed by atoms with Crippen LogP contribution in [0.1, 0.15) is 42.9 Å². The van der Waals surface area contributed by atoms with E-state index in [2.05, 4.69) is 18.4 Å². The lowest BCUT2D eigenvalue weighted by atomic mass is 10.00. The largest absolute Gasteiger partial charge is 0.494 e. The maximum atomic E-state index is 12.3. The maximum Gasteiger partial charge on any atom is 0.271 e. The van der Waals surface area contributed by atoms with E-state index in [0.29, 0.717) is 23.7 Å². The van der Waals surface area contributed by atoms with Crippen molar-refractivity contribution >= 4 is 0 Å². The molecule has 1 atom stereocenters. The molecule has 5 nitrogen and oxygen atoms in total. The Morgan fingerprint density at radius 1 is 1.50 bits per heavy atom. The lowest BCUT2D eigenvalue weighted by molar-refractivity contribution is 0.150. The summed E-state index contributed by atoms with van der Waals surface area (Å²) in [6.07, 6.45) is 5.05. The van der Waals surface area contributed by atoms with E-state index in [1.165, 1.54) is 11.0 Å². The third-order valence-electron chi connectivity index (χ3n) is 4.54. The number of allylic oxidation sites excluding steroid dienone is 1. The molecule has 2 heterocycles. The van der Waals surface area contributed by atoms with Crippen LogP contribution in [0.3, 0.4) is 0 Å². The number of aromatic hydroxyl groups is 1. The molecule has 1 aliphatic rings. The molecule has 118 valence electrons. The summed E-state index contributed by atoms with van der Waals surface area (Å²) in [7, 11) is 0. The van der Waals surface area contributed by atoms with Gasteiger partial charge in [0, 0.05) is 24.7 Å². The number of pyridine rings is 1. The molecule has 0 radical (unpaired) electrons. The summed E-state index contributed by atoms with van der Waals surface area (Å²) in [6.45, 7) is 9.26. The van der Waals surface area contributed by atoms with Crippen LogP contribution in [0.25, 0.3) is 0 Å². The first-order valence-electron chi connectivity index (χ1n) is 7.71. The molecule has 0 bridgehead atoms. The van der Waals surface area contributed by atoms with E-state index in [4.69, 9.17) is 0 Å². The van der Waals surface area contributed by atoms with Crippen molar-refractivity contribution in [3.8, 4) is 11.9 Å². The summed E-state index contributed by atoms with van der Waals surface area (Å²) >= 11 is 0. The Balaban J connectivity index is 2.50. The molecule has 0 saturated carbocycles. The number of likely N-dealkylation sites (tertiary alicyclic amines) is 1. The fourth-order valence-electron chi connectivity index (χ4n) is 3.09. The number of piperidine rings is 1. The zero-order chi connectivity index (χ0) is 16.3. The van der Waals surface area contributed by atoms with Crippen molar-refractivity contribution in [1.82, 2.24) is 9.47 Å². The Bertz CT molecular complexity index is 670. The number of nitrogens with zero attached hydrogens (tertiary/aromatic N) is 3. The van der Waals surface area contributed by atoms with Crippen molar-refractivity contribution in [2.24, 2.45) is 0 Å². The monoisotopic (exact) mass is 301 g/mol. The fraction of sp³-hybridized carbons (Fsp3) is 0.529. The second-order valence-electron chi connectivity index (χ2n) is 5.93. The van der Waals surface area contributed by atoms with Crippen LogP contribution >= 0.6 is 0 Å². The average molecular weight is 301 g/mol. The molecular formula is C17H23N3O2. The molecule has 1 N–H and O–H groups in total. The number of nitriles is 1. The summed E-state index contributed by atoms with van der Waals surface area (Å²) in [5.41, 5.74) is 0.919. The molecule has 0 amide bonds. The van der Waals surface area contributed by atoms with Crippen molar-refractivity contribution < 1.29 is 5.11 Å². The molecule has 22 heavy (non-hydrogen) atoms. The van der Waals surface area contributed by atoms with E-state index < -0.39 is 5.56 Å². The molecule has 1 aliphatic heterocycles. The topological polar surface area (TPSA) is 69.3 Å². The van der Waals surface area contributed by atoms with E-state index in [1.807, 2.05) is 6.07 Å². The molecule has 2 rings (SSSR count). The molecule has 1 aromatic rings. The first-order chi connectivity index (χ1) is 10.5. The van der Waals surface area contributed by atoms with Gasteiger partial charge in [0.15, 0.2) is 5.88 Å². The lowest BCUT2D eigenvalue weighted by Crippen LogP contribution is -2.37. The van der Waals surface area contributed by atoms with Crippen LogP contribution in [0.5, 0.6) is 5.88 Å². The van der Waals surface area contributed by atoms with Crippen molar-refractivity contribution in [3.05, 3.63) is 39.7 Å². The van der Waals surface area contributed by atoms with Gasteiger partial charge in [0.25, 0.3) is 5.56 Å². The van der Waals surface area contributed by atoms with Crippen LogP contribution in [0.2, 0.25) is 0 Å². The number of hydrogen-bond donors (Lipinski definition) is 1. The second kappa shape index (κ2) is 6.80. The SMILES string of the molecule is C=CCn1c(O)c(CN2CCCCC2C)c(C)c(C#N)c1=O. The summed E-state index contributed by atoms with van der Waals surface area (Å²) in [6, 6.07) is 2.42. The van der Waals surface area contributed by atoms with Gasteiger partial charge < -0.3 is 5.11 Å². The summed E-state index contributed by atoms with van der Waals surface area (Å²) < 4.78 is 1.22. The third-order valence-corrected chi connectivity index (χ3v) is 4.54. The van der Waals surface area contributed by atoms with Crippen molar-refractivity contribution in [2.75, 3.05) is 6.54 Å². The molecule has 0 aliphatic carbocycles. The number of hydrogen-bond acceptors (Lipinski definition) is 4. The Morgan fingerprint density at radius 3 is 2.82 bits per heavy atom. The minimum Gasteiger partial charge on any atom is -0.494 e. The predicted octanol–water partition coefficient (Wildman–Crippen LogP) is 2.29. The zero-order valence-electron chi connectivity index (χ0n) is 13.3. The van der Waals surface area contributed by atoms with Gasteiger partial charge in [-0.25, -0.2) is 0 Å². The maximum absolute atomic E-state index is 12.3. The molecule has 1 saturated heterocycles. The van der Waals surface area contributed by atoms with Gasteiger partial charge in [0.1, 0.15) is 11.6 Å². The minimum atomic E-state index is -0.451. The van der Waals surface area contributed by atoms with E-state index in [0.717, 1.165) is 19.4 Å². The Kier molecular flexibility index (Phi) is 5.04. The van der Waals surface area contributed by atoms with Gasteiger partial charge in [-0.2, -0.15) is 5.26 Å². The quantitative estimate of drug-likeness (QED) is 0.866. The van der Waals surface area contributed by atoms with Gasteiger partial charge in [-0.1, -0.05) is 12.5 Å². The molecule has 0 spiro atoms. The lowest BCUT2D eigenvalue weighted by Gasteiger charge is -2.34. The van der Waals surface area contributed by atoms with Gasteiger partial charge >= 0.3 is 0 Å². The summed E-state index contributed by atoms with van der Waals surface area (Å²) in [4.78, 5) is 14.6. The summed E-state index contributed by atoms with van der Waals surface area (Å²) in [5.74, 6) is -0.0424. The first-order valence-corrected chi connectivity index (χ1v) is 7.71. The number of rotatable bonds is 4. The van der Waals surface area contributed by atoms with Crippen LogP contribution in [0, 0.1) is 18.3 Å². The Labute approximate surface area is 131 Å². The minimum absolute atomic E-state index is 0.0424. The average Bonchev–Trinajstić information content (AvgIpc) is 2.50. The van der Waals surface area contributed by atoms with Gasteiger partial charge in [-0.15, -0.1) is 6.58 Å². The van der Waals surface area contributed by atoms with Gasteiger partial charge in [-0.3, -0.25) is 14.3 Å². The van der Waals surface area contributed by atoms with Crippen molar-refractivity contribution in [1.29, 1.82) is 5.26 Å². The Morgan fingerprint density at radius 2 is 2.23 bits per heavy atom. The smallest absolute Gasteiger partial charge is 0.271 e. The zero-order valence-corrected chi connectivity index (χ0v) is 13.3. The molecule has 0 aromatic carbocycles. The van der Waals surface area contributed by atoms with E-state index in [1.54, 1.807) is 13.0 Å². The van der Waals surface area contributed by atoms with Crippen molar-refractivity contribution in [2.45, 2.75) is 52.2 Å². The van der Waals surface area contributed by atoms with E-state index >= 15 is 0 Å². The highest BCUT2D eigenvalue weighted by Gasteiger charge is 2.24. The predicted molar refractivity (Wildman–Crippen MR) is 85.7 cm³/mol. The Hall–Kier alpha value is -2.06. The first kappa shape index (κ1) is 16.3. The second-order valence-corrected chi connectivity index (χ2v) is 5.93. The van der Waals surface area contributed by atoms with Gasteiger partial charge in [-0.05, 0) is 38.8 Å². The standard InChI is InChI=1S/C17H23N3O2/c1-4-8-20-16(21)14(10-18)13(3)15(17(20)22)11-19-9-6-5-7-12(19)2/h4,12,22H,1,5-9,11H2,2-3H3. The molecular weight excluding hydrogens is 278 g/mol. The third kappa shape index (κ3) is 2.93. The molecule has 1 unspecified atom stereocenters. The van der Waals surface area contributed by atoms with Crippen LogP contribution < -0.4 is 5.56 Å². The highest BCUT2D eigenvalue weighted by atomic mass is 16.3. The highest BCUT2D eigenvalue weighted by molar-refractivity contribution is 5.45. The molecule has 1 fully saturated rings.